The highest BCUT2D eigenvalue weighted by Crippen LogP contribution is 2.15. The van der Waals surface area contributed by atoms with Gasteiger partial charge >= 0.3 is 5.97 Å². The van der Waals surface area contributed by atoms with Gasteiger partial charge in [-0.05, 0) is 83.5 Å². The molecule has 0 aromatic rings. The van der Waals surface area contributed by atoms with Crippen molar-refractivity contribution in [2.75, 3.05) is 19.8 Å². The Bertz CT molecular complexity index is 1000. The first-order valence-corrected chi connectivity index (χ1v) is 25.5. The number of aliphatic hydroxyl groups is 1. The standard InChI is InChI=1S/C55H98O4/c1-3-5-7-9-11-13-15-17-19-21-23-25-26-27-28-29-31-33-35-37-39-41-43-45-47-49-51-58-53-54(52-56)59-55(57)50-48-46-44-42-40-38-36-34-32-30-24-22-20-18-16-14-12-10-8-6-4-2/h6,8,12,14,18,20-21,23-24,30,34,36,54,56H,3-5,7,9-11,13,15-17,19,22,25-29,31-33,35,37-53H2,1-2H3/b8-6-,14-12-,20-18-,23-21-,30-24-,36-34-. The van der Waals surface area contributed by atoms with E-state index in [9.17, 15) is 9.90 Å². The molecule has 0 aromatic carbocycles. The van der Waals surface area contributed by atoms with Crippen LogP contribution in [-0.2, 0) is 14.3 Å². The lowest BCUT2D eigenvalue weighted by molar-refractivity contribution is -0.154. The van der Waals surface area contributed by atoms with Crippen molar-refractivity contribution < 1.29 is 19.4 Å². The molecule has 0 rings (SSSR count). The number of carbonyl (C=O) groups is 1. The first kappa shape index (κ1) is 56.8. The van der Waals surface area contributed by atoms with E-state index >= 15 is 0 Å². The van der Waals surface area contributed by atoms with Gasteiger partial charge in [0.2, 0.25) is 0 Å². The predicted octanol–water partition coefficient (Wildman–Crippen LogP) is 17.3. The Labute approximate surface area is 367 Å². The molecule has 1 unspecified atom stereocenters. The van der Waals surface area contributed by atoms with Gasteiger partial charge in [-0.15, -0.1) is 0 Å². The molecule has 0 aromatic heterocycles. The molecular formula is C55H98O4. The number of rotatable bonds is 47. The maximum Gasteiger partial charge on any atom is 0.306 e. The molecule has 0 bridgehead atoms. The zero-order valence-electron chi connectivity index (χ0n) is 39.3. The summed E-state index contributed by atoms with van der Waals surface area (Å²) in [5.41, 5.74) is 0. The van der Waals surface area contributed by atoms with Gasteiger partial charge in [-0.1, -0.05) is 228 Å². The van der Waals surface area contributed by atoms with Gasteiger partial charge in [0, 0.05) is 13.0 Å². The number of unbranched alkanes of at least 4 members (excludes halogenated alkanes) is 27. The average molecular weight is 823 g/mol. The van der Waals surface area contributed by atoms with E-state index < -0.39 is 6.10 Å². The van der Waals surface area contributed by atoms with Gasteiger partial charge in [-0.3, -0.25) is 4.79 Å². The highest BCUT2D eigenvalue weighted by molar-refractivity contribution is 5.69. The van der Waals surface area contributed by atoms with Crippen molar-refractivity contribution in [1.29, 1.82) is 0 Å². The predicted molar refractivity (Wildman–Crippen MR) is 260 cm³/mol. The Balaban J connectivity index is 3.44. The number of ether oxygens (including phenoxy) is 2. The molecule has 4 nitrogen and oxygen atoms in total. The van der Waals surface area contributed by atoms with E-state index in [-0.39, 0.29) is 19.2 Å². The molecule has 0 spiro atoms. The molecule has 0 saturated heterocycles. The van der Waals surface area contributed by atoms with Crippen molar-refractivity contribution in [3.8, 4) is 0 Å². The van der Waals surface area contributed by atoms with Gasteiger partial charge in [0.05, 0.1) is 13.2 Å². The molecule has 0 amide bonds. The van der Waals surface area contributed by atoms with E-state index in [1.165, 1.54) is 161 Å². The summed E-state index contributed by atoms with van der Waals surface area (Å²) in [5, 5.41) is 9.65. The van der Waals surface area contributed by atoms with Gasteiger partial charge in [0.1, 0.15) is 6.10 Å². The molecule has 0 aliphatic carbocycles. The van der Waals surface area contributed by atoms with Crippen LogP contribution in [0.25, 0.3) is 0 Å². The molecule has 59 heavy (non-hydrogen) atoms. The van der Waals surface area contributed by atoms with Crippen LogP contribution in [0.4, 0.5) is 0 Å². The second kappa shape index (κ2) is 52.0. The van der Waals surface area contributed by atoms with Crippen molar-refractivity contribution >= 4 is 5.97 Å². The summed E-state index contributed by atoms with van der Waals surface area (Å²) >= 11 is 0. The van der Waals surface area contributed by atoms with Crippen LogP contribution in [-0.4, -0.2) is 37.0 Å². The first-order chi connectivity index (χ1) is 29.2. The first-order valence-electron chi connectivity index (χ1n) is 25.5. The van der Waals surface area contributed by atoms with Crippen molar-refractivity contribution in [1.82, 2.24) is 0 Å². The van der Waals surface area contributed by atoms with Crippen molar-refractivity contribution in [2.45, 2.75) is 251 Å². The van der Waals surface area contributed by atoms with Crippen molar-refractivity contribution in [2.24, 2.45) is 0 Å². The molecule has 0 aliphatic heterocycles. The molecule has 1 atom stereocenters. The maximum absolute atomic E-state index is 12.3. The third-order valence-corrected chi connectivity index (χ3v) is 11.0. The monoisotopic (exact) mass is 823 g/mol. The summed E-state index contributed by atoms with van der Waals surface area (Å²) in [7, 11) is 0. The van der Waals surface area contributed by atoms with Crippen LogP contribution in [0, 0.1) is 0 Å². The molecule has 0 heterocycles. The Hall–Kier alpha value is -2.17. The summed E-state index contributed by atoms with van der Waals surface area (Å²) in [6.07, 6.45) is 71.4. The van der Waals surface area contributed by atoms with Crippen LogP contribution in [0.1, 0.15) is 245 Å². The Morgan fingerprint density at radius 2 is 0.763 bits per heavy atom. The van der Waals surface area contributed by atoms with Gasteiger partial charge in [-0.2, -0.15) is 0 Å². The largest absolute Gasteiger partial charge is 0.457 e. The minimum atomic E-state index is -0.549. The Morgan fingerprint density at radius 1 is 0.424 bits per heavy atom. The molecule has 1 N–H and O–H groups in total. The van der Waals surface area contributed by atoms with E-state index in [0.717, 1.165) is 64.2 Å². The third-order valence-electron chi connectivity index (χ3n) is 11.0. The zero-order chi connectivity index (χ0) is 42.6. The average Bonchev–Trinajstić information content (AvgIpc) is 3.24. The quantitative estimate of drug-likeness (QED) is 0.0377. The maximum atomic E-state index is 12.3. The zero-order valence-corrected chi connectivity index (χ0v) is 39.3. The molecular weight excluding hydrogens is 725 g/mol. The number of carbonyl (C=O) groups excluding carboxylic acids is 1. The van der Waals surface area contributed by atoms with Gasteiger partial charge in [0.15, 0.2) is 0 Å². The SMILES string of the molecule is CC/C=C\C/C=C\C/C=C\C/C=C\C/C=C\CCCCCCCC(=O)OC(CO)COCCCCCCCCCCCCCCCC/C=C\CCCCCCCCCC. The minimum Gasteiger partial charge on any atom is -0.457 e. The van der Waals surface area contributed by atoms with Crippen LogP contribution >= 0.6 is 0 Å². The fraction of sp³-hybridized carbons (Fsp3) is 0.764. The lowest BCUT2D eigenvalue weighted by atomic mass is 10.0. The van der Waals surface area contributed by atoms with E-state index in [1.807, 2.05) is 0 Å². The van der Waals surface area contributed by atoms with Gasteiger partial charge in [0.25, 0.3) is 0 Å². The number of hydrogen-bond acceptors (Lipinski definition) is 4. The van der Waals surface area contributed by atoms with E-state index in [4.69, 9.17) is 9.47 Å². The molecule has 0 saturated carbocycles. The Morgan fingerprint density at radius 3 is 1.17 bits per heavy atom. The molecule has 0 aliphatic rings. The summed E-state index contributed by atoms with van der Waals surface area (Å²) < 4.78 is 11.2. The van der Waals surface area contributed by atoms with E-state index in [1.54, 1.807) is 0 Å². The van der Waals surface area contributed by atoms with Crippen LogP contribution in [0.15, 0.2) is 72.9 Å². The molecule has 342 valence electrons. The van der Waals surface area contributed by atoms with E-state index in [0.29, 0.717) is 13.0 Å². The van der Waals surface area contributed by atoms with Crippen LogP contribution in [0.3, 0.4) is 0 Å². The second-order valence-corrected chi connectivity index (χ2v) is 16.9. The number of esters is 1. The minimum absolute atomic E-state index is 0.182. The lowest BCUT2D eigenvalue weighted by Crippen LogP contribution is -2.27. The van der Waals surface area contributed by atoms with Crippen LogP contribution in [0.2, 0.25) is 0 Å². The third kappa shape index (κ3) is 50.1. The van der Waals surface area contributed by atoms with Crippen molar-refractivity contribution in [3.63, 3.8) is 0 Å². The summed E-state index contributed by atoms with van der Waals surface area (Å²) in [5.74, 6) is -0.218. The fourth-order valence-electron chi connectivity index (χ4n) is 7.23. The fourth-order valence-corrected chi connectivity index (χ4v) is 7.23. The van der Waals surface area contributed by atoms with Crippen molar-refractivity contribution in [3.05, 3.63) is 72.9 Å². The second-order valence-electron chi connectivity index (χ2n) is 16.9. The van der Waals surface area contributed by atoms with Crippen LogP contribution < -0.4 is 0 Å². The molecule has 4 heteroatoms. The topological polar surface area (TPSA) is 55.8 Å². The van der Waals surface area contributed by atoms with E-state index in [2.05, 4.69) is 86.8 Å². The number of hydrogen-bond donors (Lipinski definition) is 1. The highest BCUT2D eigenvalue weighted by atomic mass is 16.6. The summed E-state index contributed by atoms with van der Waals surface area (Å²) in [4.78, 5) is 12.3. The number of aliphatic hydroxyl groups excluding tert-OH is 1. The van der Waals surface area contributed by atoms with Gasteiger partial charge < -0.3 is 14.6 Å². The highest BCUT2D eigenvalue weighted by Gasteiger charge is 2.13. The molecule has 0 fully saturated rings. The summed E-state index contributed by atoms with van der Waals surface area (Å²) in [6, 6.07) is 0. The lowest BCUT2D eigenvalue weighted by Gasteiger charge is -2.15. The summed E-state index contributed by atoms with van der Waals surface area (Å²) in [6.45, 7) is 5.23. The van der Waals surface area contributed by atoms with Gasteiger partial charge in [-0.25, -0.2) is 0 Å². The smallest absolute Gasteiger partial charge is 0.306 e. The number of allylic oxidation sites excluding steroid dienone is 12. The normalized spacial score (nSPS) is 12.9. The Kier molecular flexibility index (Phi) is 50.1. The van der Waals surface area contributed by atoms with Crippen LogP contribution in [0.5, 0.6) is 0 Å². The molecule has 0 radical (unpaired) electrons.